The van der Waals surface area contributed by atoms with Gasteiger partial charge in [0.25, 0.3) is 0 Å². The number of aromatic nitrogens is 3. The van der Waals surface area contributed by atoms with Crippen LogP contribution in [0.2, 0.25) is 0 Å². The van der Waals surface area contributed by atoms with Gasteiger partial charge in [0.2, 0.25) is 0 Å². The molecule has 1 aromatic carbocycles. The summed E-state index contributed by atoms with van der Waals surface area (Å²) in [6.45, 7) is 3.89. The van der Waals surface area contributed by atoms with Crippen molar-refractivity contribution >= 4 is 11.1 Å². The highest BCUT2D eigenvalue weighted by atomic mass is 32.2. The second-order valence-electron chi connectivity index (χ2n) is 4.97. The number of benzene rings is 1. The second kappa shape index (κ2) is 5.34. The molecule has 0 saturated heterocycles. The van der Waals surface area contributed by atoms with Crippen LogP contribution in [0.4, 0.5) is 0 Å². The minimum Gasteiger partial charge on any atom is -0.768 e. The maximum Gasteiger partial charge on any atom is 0.160 e. The Hall–Kier alpha value is -1.73. The van der Waals surface area contributed by atoms with Crippen LogP contribution in [0.15, 0.2) is 29.4 Å². The molecule has 1 atom stereocenters. The zero-order chi connectivity index (χ0) is 14.9. The van der Waals surface area contributed by atoms with Crippen molar-refractivity contribution < 1.29 is 13.5 Å². The van der Waals surface area contributed by atoms with Gasteiger partial charge in [0.05, 0.1) is 17.4 Å². The van der Waals surface area contributed by atoms with E-state index < -0.39 is 16.5 Å². The molecule has 0 bridgehead atoms. The summed E-state index contributed by atoms with van der Waals surface area (Å²) in [6.07, 6.45) is 1.62. The van der Waals surface area contributed by atoms with Gasteiger partial charge in [-0.1, -0.05) is 6.07 Å². The fraction of sp³-hybridized carbons (Fsp3) is 0.385. The molecule has 1 unspecified atom stereocenters. The summed E-state index contributed by atoms with van der Waals surface area (Å²) in [7, 11) is 3.23. The van der Waals surface area contributed by atoms with Crippen LogP contribution in [0.25, 0.3) is 0 Å². The van der Waals surface area contributed by atoms with Gasteiger partial charge in [-0.05, 0) is 42.6 Å². The van der Waals surface area contributed by atoms with E-state index in [-0.39, 0.29) is 4.90 Å². The van der Waals surface area contributed by atoms with E-state index in [1.807, 2.05) is 19.9 Å². The summed E-state index contributed by atoms with van der Waals surface area (Å²) in [5.41, 5.74) is 0.311. The molecule has 2 rings (SSSR count). The van der Waals surface area contributed by atoms with Crippen LogP contribution < -0.4 is 4.74 Å². The predicted octanol–water partition coefficient (Wildman–Crippen LogP) is 1.39. The largest absolute Gasteiger partial charge is 0.768 e. The van der Waals surface area contributed by atoms with Gasteiger partial charge >= 0.3 is 0 Å². The minimum atomic E-state index is -2.36. The Morgan fingerprint density at radius 2 is 2.10 bits per heavy atom. The van der Waals surface area contributed by atoms with Gasteiger partial charge in [0.15, 0.2) is 5.82 Å². The first-order valence-electron chi connectivity index (χ1n) is 6.00. The van der Waals surface area contributed by atoms with Gasteiger partial charge in [-0.2, -0.15) is 5.10 Å². The smallest absolute Gasteiger partial charge is 0.160 e. The van der Waals surface area contributed by atoms with Gasteiger partial charge in [0, 0.05) is 7.05 Å². The Bertz CT molecular complexity index is 652. The van der Waals surface area contributed by atoms with Gasteiger partial charge < -0.3 is 9.29 Å². The maximum absolute atomic E-state index is 11.3. The first-order chi connectivity index (χ1) is 9.36. The van der Waals surface area contributed by atoms with E-state index in [0.717, 1.165) is 5.56 Å². The third-order valence-corrected chi connectivity index (χ3v) is 3.90. The van der Waals surface area contributed by atoms with Gasteiger partial charge in [-0.25, -0.2) is 4.98 Å². The SMILES string of the molecule is COc1ccc(C(C)(C)c2ncn(C)n2)cc1S(=O)[O-]. The number of methoxy groups -OCH3 is 1. The summed E-state index contributed by atoms with van der Waals surface area (Å²) >= 11 is -2.36. The summed E-state index contributed by atoms with van der Waals surface area (Å²) in [5, 5.41) is 4.30. The summed E-state index contributed by atoms with van der Waals surface area (Å²) in [4.78, 5) is 4.38. The Labute approximate surface area is 120 Å². The molecule has 0 N–H and O–H groups in total. The number of aryl methyl sites for hydroxylation is 1. The number of hydrogen-bond donors (Lipinski definition) is 0. The normalized spacial score (nSPS) is 13.2. The molecule has 0 spiro atoms. The molecule has 0 radical (unpaired) electrons. The molecule has 20 heavy (non-hydrogen) atoms. The lowest BCUT2D eigenvalue weighted by atomic mass is 9.84. The van der Waals surface area contributed by atoms with E-state index in [1.165, 1.54) is 7.11 Å². The Kier molecular flexibility index (Phi) is 3.92. The van der Waals surface area contributed by atoms with Crippen LogP contribution in [0.5, 0.6) is 5.75 Å². The standard InChI is InChI=1S/C13H17N3O3S/c1-13(2,12-14-8-16(3)15-12)9-5-6-10(19-4)11(7-9)20(17)18/h5-8H,1-4H3,(H,17,18)/p-1. The van der Waals surface area contributed by atoms with Crippen LogP contribution >= 0.6 is 0 Å². The molecule has 0 fully saturated rings. The topological polar surface area (TPSA) is 80.1 Å². The fourth-order valence-corrected chi connectivity index (χ4v) is 2.49. The second-order valence-corrected chi connectivity index (χ2v) is 5.88. The lowest BCUT2D eigenvalue weighted by Crippen LogP contribution is -2.21. The molecule has 1 aromatic heterocycles. The first kappa shape index (κ1) is 14.7. The molecule has 0 aliphatic carbocycles. The van der Waals surface area contributed by atoms with Crippen molar-refractivity contribution in [3.8, 4) is 5.75 Å². The van der Waals surface area contributed by atoms with Crippen LogP contribution in [-0.2, 0) is 23.5 Å². The lowest BCUT2D eigenvalue weighted by Gasteiger charge is -2.23. The first-order valence-corrected chi connectivity index (χ1v) is 7.07. The van der Waals surface area contributed by atoms with E-state index >= 15 is 0 Å². The Balaban J connectivity index is 2.52. The highest BCUT2D eigenvalue weighted by Gasteiger charge is 2.28. The van der Waals surface area contributed by atoms with Crippen LogP contribution in [0.3, 0.4) is 0 Å². The molecular formula is C13H16N3O3S-. The fourth-order valence-electron chi connectivity index (χ4n) is 1.95. The summed E-state index contributed by atoms with van der Waals surface area (Å²) in [5.74, 6) is 0.958. The van der Waals surface area contributed by atoms with E-state index in [0.29, 0.717) is 11.6 Å². The van der Waals surface area contributed by atoms with Crippen molar-refractivity contribution in [3.05, 3.63) is 35.9 Å². The zero-order valence-corrected chi connectivity index (χ0v) is 12.6. The van der Waals surface area contributed by atoms with Crippen molar-refractivity contribution in [2.75, 3.05) is 7.11 Å². The van der Waals surface area contributed by atoms with Crippen LogP contribution in [0.1, 0.15) is 25.2 Å². The molecular weight excluding hydrogens is 278 g/mol. The van der Waals surface area contributed by atoms with Crippen molar-refractivity contribution in [3.63, 3.8) is 0 Å². The summed E-state index contributed by atoms with van der Waals surface area (Å²) < 4.78 is 29.2. The molecule has 108 valence electrons. The molecule has 2 aromatic rings. The molecule has 0 aliphatic heterocycles. The number of nitrogens with zero attached hydrogens (tertiary/aromatic N) is 3. The lowest BCUT2D eigenvalue weighted by molar-refractivity contribution is 0.400. The molecule has 0 saturated carbocycles. The van der Waals surface area contributed by atoms with E-state index in [4.69, 9.17) is 4.74 Å². The molecule has 6 nitrogen and oxygen atoms in total. The third-order valence-electron chi connectivity index (χ3n) is 3.22. The average Bonchev–Trinajstić information content (AvgIpc) is 2.85. The molecule has 1 heterocycles. The van der Waals surface area contributed by atoms with E-state index in [2.05, 4.69) is 10.1 Å². The molecule has 7 heteroatoms. The van der Waals surface area contributed by atoms with E-state index in [1.54, 1.807) is 30.2 Å². The molecule has 0 amide bonds. The summed E-state index contributed by atoms with van der Waals surface area (Å²) in [6, 6.07) is 5.06. The predicted molar refractivity (Wildman–Crippen MR) is 73.3 cm³/mol. The van der Waals surface area contributed by atoms with E-state index in [9.17, 15) is 8.76 Å². The maximum atomic E-state index is 11.3. The van der Waals surface area contributed by atoms with Gasteiger partial charge in [-0.15, -0.1) is 0 Å². The monoisotopic (exact) mass is 294 g/mol. The van der Waals surface area contributed by atoms with Gasteiger partial charge in [0.1, 0.15) is 12.1 Å². The number of rotatable bonds is 4. The quantitative estimate of drug-likeness (QED) is 0.796. The van der Waals surface area contributed by atoms with Crippen molar-refractivity contribution in [1.82, 2.24) is 14.8 Å². The van der Waals surface area contributed by atoms with Crippen molar-refractivity contribution in [2.45, 2.75) is 24.2 Å². The van der Waals surface area contributed by atoms with Crippen LogP contribution in [0, 0.1) is 0 Å². The minimum absolute atomic E-state index is 0.133. The number of ether oxygens (including phenoxy) is 1. The Morgan fingerprint density at radius 3 is 2.60 bits per heavy atom. The number of hydrogen-bond acceptors (Lipinski definition) is 5. The highest BCUT2D eigenvalue weighted by molar-refractivity contribution is 7.79. The van der Waals surface area contributed by atoms with Crippen LogP contribution in [-0.4, -0.2) is 30.6 Å². The Morgan fingerprint density at radius 1 is 1.40 bits per heavy atom. The van der Waals surface area contributed by atoms with Crippen molar-refractivity contribution in [2.24, 2.45) is 7.05 Å². The average molecular weight is 294 g/mol. The molecule has 0 aliphatic rings. The zero-order valence-electron chi connectivity index (χ0n) is 11.8. The third kappa shape index (κ3) is 2.59. The van der Waals surface area contributed by atoms with Gasteiger partial charge in [-0.3, -0.25) is 8.89 Å². The van der Waals surface area contributed by atoms with Crippen molar-refractivity contribution in [1.29, 1.82) is 0 Å². The highest BCUT2D eigenvalue weighted by Crippen LogP contribution is 2.33.